The van der Waals surface area contributed by atoms with Crippen molar-refractivity contribution in [3.8, 4) is 0 Å². The molecular formula is C12H20N4OS2. The minimum atomic E-state index is 0.108. The summed E-state index contributed by atoms with van der Waals surface area (Å²) in [6, 6.07) is 0.383. The van der Waals surface area contributed by atoms with E-state index in [9.17, 15) is 4.79 Å². The van der Waals surface area contributed by atoms with E-state index >= 15 is 0 Å². The lowest BCUT2D eigenvalue weighted by molar-refractivity contribution is -0.119. The number of rotatable bonds is 6. The zero-order valence-electron chi connectivity index (χ0n) is 11.1. The average molecular weight is 300 g/mol. The fourth-order valence-corrected chi connectivity index (χ4v) is 3.77. The van der Waals surface area contributed by atoms with Crippen LogP contribution in [0.5, 0.6) is 0 Å². The molecule has 5 nitrogen and oxygen atoms in total. The van der Waals surface area contributed by atoms with Crippen LogP contribution >= 0.6 is 23.1 Å². The van der Waals surface area contributed by atoms with Gasteiger partial charge in [-0.2, -0.15) is 0 Å². The Hall–Kier alpha value is -0.820. The second-order valence-corrected chi connectivity index (χ2v) is 6.79. The molecule has 0 saturated heterocycles. The molecule has 0 aromatic carbocycles. The van der Waals surface area contributed by atoms with Crippen molar-refractivity contribution in [2.24, 2.45) is 0 Å². The highest BCUT2D eigenvalue weighted by Gasteiger charge is 2.16. The van der Waals surface area contributed by atoms with E-state index in [0.717, 1.165) is 28.9 Å². The molecule has 1 amide bonds. The van der Waals surface area contributed by atoms with Gasteiger partial charge in [0.1, 0.15) is 0 Å². The zero-order chi connectivity index (χ0) is 13.5. The minimum absolute atomic E-state index is 0.108. The van der Waals surface area contributed by atoms with Crippen LogP contribution in [0.1, 0.15) is 39.0 Å². The Labute approximate surface area is 122 Å². The van der Waals surface area contributed by atoms with E-state index in [-0.39, 0.29) is 5.91 Å². The highest BCUT2D eigenvalue weighted by Crippen LogP contribution is 2.25. The summed E-state index contributed by atoms with van der Waals surface area (Å²) in [4.78, 5) is 11.8. The van der Waals surface area contributed by atoms with Gasteiger partial charge in [-0.25, -0.2) is 0 Å². The Morgan fingerprint density at radius 3 is 2.89 bits per heavy atom. The first-order valence-corrected chi connectivity index (χ1v) is 8.57. The number of nitrogens with zero attached hydrogens (tertiary/aromatic N) is 2. The topological polar surface area (TPSA) is 66.9 Å². The van der Waals surface area contributed by atoms with Crippen molar-refractivity contribution in [2.45, 2.75) is 49.4 Å². The van der Waals surface area contributed by atoms with Gasteiger partial charge in [0.15, 0.2) is 4.34 Å². The summed E-state index contributed by atoms with van der Waals surface area (Å²) in [5, 5.41) is 15.1. The molecular weight excluding hydrogens is 280 g/mol. The number of carbonyl (C=O) groups excluding carboxylic acids is 1. The Morgan fingerprint density at radius 2 is 2.16 bits per heavy atom. The summed E-state index contributed by atoms with van der Waals surface area (Å²) in [6.07, 6.45) is 6.03. The van der Waals surface area contributed by atoms with Gasteiger partial charge in [0.25, 0.3) is 0 Å². The largest absolute Gasteiger partial charge is 0.360 e. The summed E-state index contributed by atoms with van der Waals surface area (Å²) in [7, 11) is 0. The van der Waals surface area contributed by atoms with Crippen LogP contribution < -0.4 is 10.6 Å². The summed E-state index contributed by atoms with van der Waals surface area (Å²) >= 11 is 2.95. The SMILES string of the molecule is CCNc1nnc(SCC(=O)NC2CCCCC2)s1. The van der Waals surface area contributed by atoms with E-state index < -0.39 is 0 Å². The van der Waals surface area contributed by atoms with E-state index in [1.54, 1.807) is 0 Å². The van der Waals surface area contributed by atoms with Gasteiger partial charge in [-0.15, -0.1) is 10.2 Å². The van der Waals surface area contributed by atoms with Crippen LogP contribution in [0.25, 0.3) is 0 Å². The molecule has 106 valence electrons. The zero-order valence-corrected chi connectivity index (χ0v) is 12.8. The molecule has 0 spiro atoms. The molecule has 1 aromatic heterocycles. The first-order valence-electron chi connectivity index (χ1n) is 6.77. The summed E-state index contributed by atoms with van der Waals surface area (Å²) < 4.78 is 0.842. The van der Waals surface area contributed by atoms with Crippen molar-refractivity contribution >= 4 is 34.1 Å². The number of nitrogens with one attached hydrogen (secondary N) is 2. The molecule has 1 heterocycles. The number of anilines is 1. The van der Waals surface area contributed by atoms with Crippen LogP contribution in [0.3, 0.4) is 0 Å². The molecule has 0 unspecified atom stereocenters. The summed E-state index contributed by atoms with van der Waals surface area (Å²) in [6.45, 7) is 2.85. The first-order chi connectivity index (χ1) is 9.28. The van der Waals surface area contributed by atoms with Gasteiger partial charge in [0, 0.05) is 12.6 Å². The number of amides is 1. The second kappa shape index (κ2) is 7.69. The van der Waals surface area contributed by atoms with Crippen molar-refractivity contribution in [1.82, 2.24) is 15.5 Å². The molecule has 7 heteroatoms. The van der Waals surface area contributed by atoms with Crippen LogP contribution in [-0.4, -0.2) is 34.4 Å². The number of aromatic nitrogens is 2. The molecule has 0 atom stereocenters. The van der Waals surface area contributed by atoms with Crippen molar-refractivity contribution < 1.29 is 4.79 Å². The van der Waals surface area contributed by atoms with Crippen LogP contribution in [0, 0.1) is 0 Å². The molecule has 0 radical (unpaired) electrons. The van der Waals surface area contributed by atoms with Crippen molar-refractivity contribution in [2.75, 3.05) is 17.6 Å². The molecule has 1 aliphatic carbocycles. The van der Waals surface area contributed by atoms with Crippen LogP contribution in [0.4, 0.5) is 5.13 Å². The maximum absolute atomic E-state index is 11.8. The second-order valence-electron chi connectivity index (χ2n) is 4.59. The minimum Gasteiger partial charge on any atom is -0.360 e. The number of thioether (sulfide) groups is 1. The first kappa shape index (κ1) is 14.6. The molecule has 2 N–H and O–H groups in total. The maximum Gasteiger partial charge on any atom is 0.230 e. The fourth-order valence-electron chi connectivity index (χ4n) is 2.13. The molecule has 0 bridgehead atoms. The molecule has 1 aliphatic rings. The number of carbonyl (C=O) groups is 1. The quantitative estimate of drug-likeness (QED) is 0.790. The lowest BCUT2D eigenvalue weighted by Gasteiger charge is -2.22. The molecule has 0 aliphatic heterocycles. The highest BCUT2D eigenvalue weighted by atomic mass is 32.2. The highest BCUT2D eigenvalue weighted by molar-refractivity contribution is 8.01. The predicted octanol–water partition coefficient (Wildman–Crippen LogP) is 2.51. The van der Waals surface area contributed by atoms with Crippen LogP contribution in [-0.2, 0) is 4.79 Å². The Kier molecular flexibility index (Phi) is 5.91. The number of hydrogen-bond donors (Lipinski definition) is 2. The molecule has 1 aromatic rings. The Balaban J connectivity index is 1.69. The standard InChI is InChI=1S/C12H20N4OS2/c1-2-13-11-15-16-12(19-11)18-8-10(17)14-9-6-4-3-5-7-9/h9H,2-8H2,1H3,(H,13,15)(H,14,17). The average Bonchev–Trinajstić information content (AvgIpc) is 2.86. The Morgan fingerprint density at radius 1 is 1.37 bits per heavy atom. The molecule has 2 rings (SSSR count). The summed E-state index contributed by atoms with van der Waals surface area (Å²) in [5.41, 5.74) is 0. The number of hydrogen-bond acceptors (Lipinski definition) is 6. The Bertz CT molecular complexity index is 404. The summed E-state index contributed by atoms with van der Waals surface area (Å²) in [5.74, 6) is 0.536. The van der Waals surface area contributed by atoms with Gasteiger partial charge in [0.05, 0.1) is 5.75 Å². The van der Waals surface area contributed by atoms with E-state index in [1.807, 2.05) is 6.92 Å². The smallest absolute Gasteiger partial charge is 0.230 e. The molecule has 1 saturated carbocycles. The van der Waals surface area contributed by atoms with E-state index in [1.165, 1.54) is 42.4 Å². The van der Waals surface area contributed by atoms with Crippen molar-refractivity contribution in [3.05, 3.63) is 0 Å². The van der Waals surface area contributed by atoms with Crippen LogP contribution in [0.2, 0.25) is 0 Å². The molecule has 1 fully saturated rings. The monoisotopic (exact) mass is 300 g/mol. The van der Waals surface area contributed by atoms with Crippen LogP contribution in [0.15, 0.2) is 4.34 Å². The van der Waals surface area contributed by atoms with E-state index in [4.69, 9.17) is 0 Å². The fraction of sp³-hybridized carbons (Fsp3) is 0.750. The third-order valence-electron chi connectivity index (χ3n) is 3.03. The predicted molar refractivity (Wildman–Crippen MR) is 79.8 cm³/mol. The lowest BCUT2D eigenvalue weighted by atomic mass is 9.95. The van der Waals surface area contributed by atoms with E-state index in [2.05, 4.69) is 20.8 Å². The normalized spacial score (nSPS) is 16.3. The lowest BCUT2D eigenvalue weighted by Crippen LogP contribution is -2.37. The van der Waals surface area contributed by atoms with Gasteiger partial charge in [0.2, 0.25) is 11.0 Å². The molecule has 19 heavy (non-hydrogen) atoms. The van der Waals surface area contributed by atoms with Gasteiger partial charge in [-0.1, -0.05) is 42.4 Å². The van der Waals surface area contributed by atoms with Gasteiger partial charge < -0.3 is 10.6 Å². The van der Waals surface area contributed by atoms with E-state index in [0.29, 0.717) is 11.8 Å². The third-order valence-corrected chi connectivity index (χ3v) is 5.05. The maximum atomic E-state index is 11.8. The van der Waals surface area contributed by atoms with Gasteiger partial charge in [-0.3, -0.25) is 4.79 Å². The van der Waals surface area contributed by atoms with Gasteiger partial charge >= 0.3 is 0 Å². The van der Waals surface area contributed by atoms with Crippen molar-refractivity contribution in [1.29, 1.82) is 0 Å². The third kappa shape index (κ3) is 4.99. The van der Waals surface area contributed by atoms with Gasteiger partial charge in [-0.05, 0) is 19.8 Å². The van der Waals surface area contributed by atoms with Crippen molar-refractivity contribution in [3.63, 3.8) is 0 Å².